The van der Waals surface area contributed by atoms with Crippen LogP contribution in [0.5, 0.6) is 0 Å². The van der Waals surface area contributed by atoms with Gasteiger partial charge in [0.05, 0.1) is 15.9 Å². The van der Waals surface area contributed by atoms with Crippen molar-refractivity contribution in [3.05, 3.63) is 24.3 Å². The van der Waals surface area contributed by atoms with E-state index in [0.717, 1.165) is 12.8 Å². The maximum Gasteiger partial charge on any atom is 0.232 e. The summed E-state index contributed by atoms with van der Waals surface area (Å²) in [5.74, 6) is 0.0507. The first-order valence-electron chi connectivity index (χ1n) is 7.19. The molecule has 1 saturated carbocycles. The number of sulfone groups is 1. The molecule has 0 saturated heterocycles. The molecule has 21 heavy (non-hydrogen) atoms. The van der Waals surface area contributed by atoms with Gasteiger partial charge in [0.1, 0.15) is 0 Å². The van der Waals surface area contributed by atoms with Gasteiger partial charge in [-0.25, -0.2) is 16.8 Å². The minimum atomic E-state index is -3.35. The lowest BCUT2D eigenvalue weighted by atomic mass is 10.3. The van der Waals surface area contributed by atoms with Crippen molar-refractivity contribution in [2.24, 2.45) is 0 Å². The number of nitrogens with one attached hydrogen (secondary N) is 1. The van der Waals surface area contributed by atoms with Gasteiger partial charge in [0, 0.05) is 5.69 Å². The molecule has 0 aromatic heterocycles. The highest BCUT2D eigenvalue weighted by Gasteiger charge is 2.30. The van der Waals surface area contributed by atoms with Crippen LogP contribution in [-0.2, 0) is 19.9 Å². The Morgan fingerprint density at radius 2 is 1.62 bits per heavy atom. The average molecular weight is 331 g/mol. The van der Waals surface area contributed by atoms with Gasteiger partial charge in [-0.05, 0) is 43.5 Å². The SMILES string of the molecule is CCCS(=O)(=O)Nc1ccc(S(=O)(=O)C2CCCC2)cc1. The van der Waals surface area contributed by atoms with Crippen molar-refractivity contribution in [1.29, 1.82) is 0 Å². The van der Waals surface area contributed by atoms with Gasteiger partial charge < -0.3 is 0 Å². The maximum atomic E-state index is 12.4. The van der Waals surface area contributed by atoms with E-state index in [9.17, 15) is 16.8 Å². The predicted molar refractivity (Wildman–Crippen MR) is 83.6 cm³/mol. The van der Waals surface area contributed by atoms with Crippen LogP contribution in [0.2, 0.25) is 0 Å². The van der Waals surface area contributed by atoms with E-state index in [1.807, 2.05) is 0 Å². The summed E-state index contributed by atoms with van der Waals surface area (Å²) in [6, 6.07) is 5.99. The van der Waals surface area contributed by atoms with Gasteiger partial charge in [-0.1, -0.05) is 19.8 Å². The molecule has 0 unspecified atom stereocenters. The quantitative estimate of drug-likeness (QED) is 0.868. The molecule has 1 aromatic carbocycles. The fourth-order valence-electron chi connectivity index (χ4n) is 2.60. The second-order valence-corrected chi connectivity index (χ2v) is 9.47. The van der Waals surface area contributed by atoms with E-state index in [4.69, 9.17) is 0 Å². The van der Waals surface area contributed by atoms with Gasteiger partial charge in [0.25, 0.3) is 0 Å². The summed E-state index contributed by atoms with van der Waals surface area (Å²) in [4.78, 5) is 0.271. The highest BCUT2D eigenvalue weighted by Crippen LogP contribution is 2.30. The van der Waals surface area contributed by atoms with Crippen molar-refractivity contribution in [3.8, 4) is 0 Å². The first-order valence-corrected chi connectivity index (χ1v) is 10.4. The number of rotatable bonds is 6. The Labute approximate surface area is 126 Å². The number of hydrogen-bond donors (Lipinski definition) is 1. The maximum absolute atomic E-state index is 12.4. The third-order valence-electron chi connectivity index (χ3n) is 3.67. The number of anilines is 1. The molecular formula is C14H21NO4S2. The number of sulfonamides is 1. The Morgan fingerprint density at radius 3 is 2.14 bits per heavy atom. The van der Waals surface area contributed by atoms with Crippen LogP contribution in [0.25, 0.3) is 0 Å². The molecule has 0 aliphatic heterocycles. The zero-order chi connectivity index (χ0) is 15.5. The Bertz CT molecular complexity index is 672. The van der Waals surface area contributed by atoms with Crippen LogP contribution in [0.3, 0.4) is 0 Å². The van der Waals surface area contributed by atoms with E-state index in [-0.39, 0.29) is 15.9 Å². The normalized spacial score (nSPS) is 17.0. The summed E-state index contributed by atoms with van der Waals surface area (Å²) < 4.78 is 50.6. The van der Waals surface area contributed by atoms with Gasteiger partial charge in [0.15, 0.2) is 9.84 Å². The Balaban J connectivity index is 2.15. The summed E-state index contributed by atoms with van der Waals surface area (Å²) in [6.07, 6.45) is 3.88. The van der Waals surface area contributed by atoms with Crippen LogP contribution >= 0.6 is 0 Å². The van der Waals surface area contributed by atoms with Gasteiger partial charge in [-0.3, -0.25) is 4.72 Å². The molecule has 1 aliphatic rings. The van der Waals surface area contributed by atoms with Crippen molar-refractivity contribution in [3.63, 3.8) is 0 Å². The molecule has 1 aliphatic carbocycles. The monoisotopic (exact) mass is 331 g/mol. The van der Waals surface area contributed by atoms with Crippen molar-refractivity contribution >= 4 is 25.5 Å². The van der Waals surface area contributed by atoms with Crippen LogP contribution in [0.15, 0.2) is 29.2 Å². The van der Waals surface area contributed by atoms with Gasteiger partial charge >= 0.3 is 0 Å². The van der Waals surface area contributed by atoms with Crippen molar-refractivity contribution < 1.29 is 16.8 Å². The zero-order valence-electron chi connectivity index (χ0n) is 12.1. The van der Waals surface area contributed by atoms with E-state index >= 15 is 0 Å². The smallest absolute Gasteiger partial charge is 0.232 e. The summed E-state index contributed by atoms with van der Waals surface area (Å²) in [6.45, 7) is 1.79. The minimum Gasteiger partial charge on any atom is -0.284 e. The second kappa shape index (κ2) is 6.36. The molecule has 0 spiro atoms. The second-order valence-electron chi connectivity index (χ2n) is 5.40. The van der Waals surface area contributed by atoms with Crippen LogP contribution < -0.4 is 4.72 Å². The molecule has 1 fully saturated rings. The standard InChI is InChI=1S/C14H21NO4S2/c1-2-11-20(16,17)15-12-7-9-14(10-8-12)21(18,19)13-5-3-4-6-13/h7-10,13,15H,2-6,11H2,1H3. The molecule has 5 nitrogen and oxygen atoms in total. The van der Waals surface area contributed by atoms with Crippen molar-refractivity contribution in [2.75, 3.05) is 10.5 Å². The van der Waals surface area contributed by atoms with Gasteiger partial charge in [0.2, 0.25) is 10.0 Å². The van der Waals surface area contributed by atoms with Gasteiger partial charge in [-0.15, -0.1) is 0 Å². The Morgan fingerprint density at radius 1 is 1.05 bits per heavy atom. The molecule has 1 N–H and O–H groups in total. The molecular weight excluding hydrogens is 310 g/mol. The predicted octanol–water partition coefficient (Wildman–Crippen LogP) is 2.55. The highest BCUT2D eigenvalue weighted by molar-refractivity contribution is 7.92. The number of benzene rings is 1. The third kappa shape index (κ3) is 3.97. The molecule has 0 atom stereocenters. The fraction of sp³-hybridized carbons (Fsp3) is 0.571. The van der Waals surface area contributed by atoms with E-state index in [0.29, 0.717) is 24.9 Å². The van der Waals surface area contributed by atoms with Crippen LogP contribution in [-0.4, -0.2) is 27.8 Å². The average Bonchev–Trinajstić information content (AvgIpc) is 2.93. The summed E-state index contributed by atoms with van der Waals surface area (Å²) in [5, 5.41) is -0.292. The molecule has 1 aromatic rings. The van der Waals surface area contributed by atoms with Crippen LogP contribution in [0.1, 0.15) is 39.0 Å². The Hall–Kier alpha value is -1.08. The number of hydrogen-bond acceptors (Lipinski definition) is 4. The topological polar surface area (TPSA) is 80.3 Å². The Kier molecular flexibility index (Phi) is 4.93. The molecule has 0 heterocycles. The lowest BCUT2D eigenvalue weighted by molar-refractivity contribution is 0.579. The third-order valence-corrected chi connectivity index (χ3v) is 7.44. The van der Waals surface area contributed by atoms with E-state index in [1.165, 1.54) is 24.3 Å². The molecule has 0 radical (unpaired) electrons. The van der Waals surface area contributed by atoms with Gasteiger partial charge in [-0.2, -0.15) is 0 Å². The lowest BCUT2D eigenvalue weighted by Gasteiger charge is -2.12. The van der Waals surface area contributed by atoms with E-state index < -0.39 is 19.9 Å². The molecule has 2 rings (SSSR count). The summed E-state index contributed by atoms with van der Waals surface area (Å²) >= 11 is 0. The molecule has 7 heteroatoms. The van der Waals surface area contributed by atoms with E-state index in [2.05, 4.69) is 4.72 Å². The largest absolute Gasteiger partial charge is 0.284 e. The highest BCUT2D eigenvalue weighted by atomic mass is 32.2. The lowest BCUT2D eigenvalue weighted by Crippen LogP contribution is -2.18. The zero-order valence-corrected chi connectivity index (χ0v) is 13.7. The van der Waals surface area contributed by atoms with Crippen molar-refractivity contribution in [1.82, 2.24) is 0 Å². The van der Waals surface area contributed by atoms with E-state index in [1.54, 1.807) is 6.92 Å². The van der Waals surface area contributed by atoms with Crippen LogP contribution in [0.4, 0.5) is 5.69 Å². The molecule has 0 bridgehead atoms. The summed E-state index contributed by atoms with van der Waals surface area (Å²) in [7, 11) is -6.63. The first kappa shape index (κ1) is 16.3. The molecule has 0 amide bonds. The fourth-order valence-corrected chi connectivity index (χ4v) is 5.59. The first-order chi connectivity index (χ1) is 9.85. The van der Waals surface area contributed by atoms with Crippen molar-refractivity contribution in [2.45, 2.75) is 49.2 Å². The summed E-state index contributed by atoms with van der Waals surface area (Å²) in [5.41, 5.74) is 0.397. The van der Waals surface area contributed by atoms with Crippen LogP contribution in [0, 0.1) is 0 Å². The molecule has 118 valence electrons. The minimum absolute atomic E-state index is 0.0507.